The van der Waals surface area contributed by atoms with Gasteiger partial charge < -0.3 is 11.1 Å². The van der Waals surface area contributed by atoms with Crippen LogP contribution in [0.5, 0.6) is 0 Å². The van der Waals surface area contributed by atoms with Crippen molar-refractivity contribution in [1.82, 2.24) is 10.4 Å². The molecule has 0 spiro atoms. The molecule has 2 amide bonds. The number of urea groups is 1. The molecule has 0 radical (unpaired) electrons. The molecule has 0 aliphatic carbocycles. The number of rotatable bonds is 6. The summed E-state index contributed by atoms with van der Waals surface area (Å²) in [6.45, 7) is 2.39. The topological polar surface area (TPSA) is 67.6 Å². The Morgan fingerprint density at radius 1 is 1.32 bits per heavy atom. The lowest BCUT2D eigenvalue weighted by Crippen LogP contribution is -2.44. The van der Waals surface area contributed by atoms with E-state index in [1.165, 1.54) is 12.8 Å². The van der Waals surface area contributed by atoms with Crippen LogP contribution in [0.2, 0.25) is 0 Å². The van der Waals surface area contributed by atoms with Gasteiger partial charge in [0.25, 0.3) is 0 Å². The van der Waals surface area contributed by atoms with E-state index in [2.05, 4.69) is 5.32 Å². The van der Waals surface area contributed by atoms with Crippen LogP contribution in [0.3, 0.4) is 0 Å². The lowest BCUT2D eigenvalue weighted by atomic mass is 10.1. The lowest BCUT2D eigenvalue weighted by molar-refractivity contribution is -0.148. The molecular formula is C14H21N3O2. The molecule has 19 heavy (non-hydrogen) atoms. The van der Waals surface area contributed by atoms with Gasteiger partial charge in [-0.1, -0.05) is 30.3 Å². The predicted octanol–water partition coefficient (Wildman–Crippen LogP) is 1.29. The summed E-state index contributed by atoms with van der Waals surface area (Å²) in [6, 6.07) is 9.40. The van der Waals surface area contributed by atoms with Crippen molar-refractivity contribution < 1.29 is 9.63 Å². The molecule has 0 aromatic heterocycles. The van der Waals surface area contributed by atoms with E-state index in [9.17, 15) is 4.79 Å². The minimum absolute atomic E-state index is 0.0968. The van der Waals surface area contributed by atoms with Crippen LogP contribution in [0.25, 0.3) is 0 Å². The molecule has 1 aromatic rings. The van der Waals surface area contributed by atoms with Crippen LogP contribution in [-0.4, -0.2) is 36.8 Å². The standard InChI is InChI=1S/C14H21N3O2/c15-14(18)16-13(10-12-6-2-1-3-7-12)11-19-17-8-4-5-9-17/h1-3,6-7,13H,4-5,8-11H2,(H3,15,16,18)/t13-/m1/s1. The number of nitrogens with one attached hydrogen (secondary N) is 1. The molecule has 0 saturated carbocycles. The second kappa shape index (κ2) is 7.11. The molecule has 1 saturated heterocycles. The Morgan fingerprint density at radius 3 is 2.63 bits per heavy atom. The summed E-state index contributed by atoms with van der Waals surface area (Å²) < 4.78 is 0. The molecule has 0 bridgehead atoms. The summed E-state index contributed by atoms with van der Waals surface area (Å²) in [6.07, 6.45) is 3.07. The quantitative estimate of drug-likeness (QED) is 0.812. The Hall–Kier alpha value is -1.59. The van der Waals surface area contributed by atoms with E-state index in [4.69, 9.17) is 10.6 Å². The molecule has 0 unspecified atom stereocenters. The predicted molar refractivity (Wildman–Crippen MR) is 73.4 cm³/mol. The number of nitrogens with two attached hydrogens (primary N) is 1. The SMILES string of the molecule is NC(=O)N[C@@H](CON1CCCC1)Cc1ccccc1. The zero-order chi connectivity index (χ0) is 13.5. The third-order valence-corrected chi connectivity index (χ3v) is 3.19. The number of primary amides is 1. The molecular weight excluding hydrogens is 242 g/mol. The summed E-state index contributed by atoms with van der Waals surface area (Å²) in [5, 5.41) is 4.70. The zero-order valence-electron chi connectivity index (χ0n) is 11.0. The van der Waals surface area contributed by atoms with Crippen molar-refractivity contribution in [2.24, 2.45) is 5.73 Å². The number of hydrogen-bond donors (Lipinski definition) is 2. The van der Waals surface area contributed by atoms with Gasteiger partial charge in [-0.15, -0.1) is 0 Å². The molecule has 2 rings (SSSR count). The van der Waals surface area contributed by atoms with Crippen molar-refractivity contribution in [3.05, 3.63) is 35.9 Å². The normalized spacial score (nSPS) is 17.3. The maximum absolute atomic E-state index is 11.0. The Kier molecular flexibility index (Phi) is 5.18. The summed E-state index contributed by atoms with van der Waals surface area (Å²) in [4.78, 5) is 16.7. The van der Waals surface area contributed by atoms with E-state index >= 15 is 0 Å². The van der Waals surface area contributed by atoms with E-state index in [0.717, 1.165) is 25.1 Å². The van der Waals surface area contributed by atoms with Crippen molar-refractivity contribution in [3.8, 4) is 0 Å². The van der Waals surface area contributed by atoms with Gasteiger partial charge in [0.1, 0.15) is 0 Å². The fourth-order valence-corrected chi connectivity index (χ4v) is 2.26. The maximum Gasteiger partial charge on any atom is 0.312 e. The molecule has 1 heterocycles. The molecule has 1 aliphatic rings. The van der Waals surface area contributed by atoms with Crippen LogP contribution >= 0.6 is 0 Å². The van der Waals surface area contributed by atoms with Crippen molar-refractivity contribution >= 4 is 6.03 Å². The van der Waals surface area contributed by atoms with Crippen LogP contribution in [0.4, 0.5) is 4.79 Å². The number of hydrogen-bond acceptors (Lipinski definition) is 3. The van der Waals surface area contributed by atoms with Gasteiger partial charge >= 0.3 is 6.03 Å². The third kappa shape index (κ3) is 4.89. The first-order valence-corrected chi connectivity index (χ1v) is 6.72. The van der Waals surface area contributed by atoms with E-state index in [0.29, 0.717) is 6.61 Å². The van der Waals surface area contributed by atoms with Gasteiger partial charge in [-0.2, -0.15) is 5.06 Å². The van der Waals surface area contributed by atoms with E-state index < -0.39 is 6.03 Å². The molecule has 1 fully saturated rings. The smallest absolute Gasteiger partial charge is 0.312 e. The van der Waals surface area contributed by atoms with E-state index in [1.54, 1.807) is 0 Å². The fraction of sp³-hybridized carbons (Fsp3) is 0.500. The molecule has 1 atom stereocenters. The third-order valence-electron chi connectivity index (χ3n) is 3.19. The first kappa shape index (κ1) is 13.8. The van der Waals surface area contributed by atoms with Crippen LogP contribution in [0.15, 0.2) is 30.3 Å². The van der Waals surface area contributed by atoms with Crippen molar-refractivity contribution in [1.29, 1.82) is 0 Å². The molecule has 1 aromatic carbocycles. The highest BCUT2D eigenvalue weighted by atomic mass is 16.7. The van der Waals surface area contributed by atoms with Gasteiger partial charge in [0.05, 0.1) is 12.6 Å². The largest absolute Gasteiger partial charge is 0.352 e. The highest BCUT2D eigenvalue weighted by Crippen LogP contribution is 2.09. The van der Waals surface area contributed by atoms with Crippen molar-refractivity contribution in [2.45, 2.75) is 25.3 Å². The van der Waals surface area contributed by atoms with Crippen LogP contribution in [-0.2, 0) is 11.3 Å². The van der Waals surface area contributed by atoms with Gasteiger partial charge in [0.2, 0.25) is 0 Å². The van der Waals surface area contributed by atoms with Crippen molar-refractivity contribution in [3.63, 3.8) is 0 Å². The number of carbonyl (C=O) groups excluding carboxylic acids is 1. The lowest BCUT2D eigenvalue weighted by Gasteiger charge is -2.21. The number of nitrogens with zero attached hydrogens (tertiary/aromatic N) is 1. The second-order valence-corrected chi connectivity index (χ2v) is 4.83. The Balaban J connectivity index is 1.85. The summed E-state index contributed by atoms with van der Waals surface area (Å²) in [5.74, 6) is 0. The number of carbonyl (C=O) groups is 1. The first-order valence-electron chi connectivity index (χ1n) is 6.72. The fourth-order valence-electron chi connectivity index (χ4n) is 2.26. The number of hydroxylamine groups is 2. The average Bonchev–Trinajstić information content (AvgIpc) is 2.90. The van der Waals surface area contributed by atoms with Crippen molar-refractivity contribution in [2.75, 3.05) is 19.7 Å². The first-order chi connectivity index (χ1) is 9.24. The van der Waals surface area contributed by atoms with Gasteiger partial charge in [-0.3, -0.25) is 4.84 Å². The molecule has 5 nitrogen and oxygen atoms in total. The van der Waals surface area contributed by atoms with Crippen LogP contribution in [0.1, 0.15) is 18.4 Å². The van der Waals surface area contributed by atoms with Crippen LogP contribution < -0.4 is 11.1 Å². The summed E-state index contributed by atoms with van der Waals surface area (Å²) in [5.41, 5.74) is 6.37. The average molecular weight is 263 g/mol. The Bertz CT molecular complexity index is 391. The summed E-state index contributed by atoms with van der Waals surface area (Å²) >= 11 is 0. The monoisotopic (exact) mass is 263 g/mol. The van der Waals surface area contributed by atoms with Gasteiger partial charge in [0.15, 0.2) is 0 Å². The zero-order valence-corrected chi connectivity index (χ0v) is 11.0. The minimum atomic E-state index is -0.508. The maximum atomic E-state index is 11.0. The highest BCUT2D eigenvalue weighted by Gasteiger charge is 2.16. The second-order valence-electron chi connectivity index (χ2n) is 4.83. The summed E-state index contributed by atoms with van der Waals surface area (Å²) in [7, 11) is 0. The molecule has 5 heteroatoms. The van der Waals surface area contributed by atoms with Gasteiger partial charge in [-0.25, -0.2) is 4.79 Å². The van der Waals surface area contributed by atoms with Crippen LogP contribution in [0, 0.1) is 0 Å². The molecule has 104 valence electrons. The Labute approximate surface area is 113 Å². The molecule has 1 aliphatic heterocycles. The number of amides is 2. The van der Waals surface area contributed by atoms with Gasteiger partial charge in [-0.05, 0) is 24.8 Å². The van der Waals surface area contributed by atoms with E-state index in [1.807, 2.05) is 35.4 Å². The Morgan fingerprint density at radius 2 is 2.00 bits per heavy atom. The number of benzene rings is 1. The molecule has 3 N–H and O–H groups in total. The van der Waals surface area contributed by atoms with E-state index in [-0.39, 0.29) is 6.04 Å². The van der Waals surface area contributed by atoms with Gasteiger partial charge in [0, 0.05) is 13.1 Å². The minimum Gasteiger partial charge on any atom is -0.352 e. The highest BCUT2D eigenvalue weighted by molar-refractivity contribution is 5.72.